The number of piperidine rings is 1. The van der Waals surface area contributed by atoms with Crippen LogP contribution in [0.5, 0.6) is 0 Å². The summed E-state index contributed by atoms with van der Waals surface area (Å²) in [6.45, 7) is 10.5. The molecule has 1 saturated heterocycles. The van der Waals surface area contributed by atoms with E-state index in [1.54, 1.807) is 11.3 Å². The van der Waals surface area contributed by atoms with E-state index in [2.05, 4.69) is 26.1 Å². The van der Waals surface area contributed by atoms with Gasteiger partial charge in [-0.2, -0.15) is 0 Å². The minimum absolute atomic E-state index is 0.103. The normalized spacial score (nSPS) is 19.1. The maximum atomic E-state index is 13.6. The van der Waals surface area contributed by atoms with E-state index in [0.717, 1.165) is 61.3 Å². The summed E-state index contributed by atoms with van der Waals surface area (Å²) in [5.74, 6) is 0.560. The third-order valence-electron chi connectivity index (χ3n) is 6.85. The second kappa shape index (κ2) is 8.78. The molecule has 0 saturated carbocycles. The van der Waals surface area contributed by atoms with E-state index in [4.69, 9.17) is 0 Å². The highest BCUT2D eigenvalue weighted by Gasteiger charge is 2.35. The number of carbonyl (C=O) groups is 2. The topological polar surface area (TPSA) is 49.4 Å². The van der Waals surface area contributed by atoms with Gasteiger partial charge in [-0.15, -0.1) is 11.3 Å². The van der Waals surface area contributed by atoms with Crippen LogP contribution in [0.4, 0.5) is 5.00 Å². The van der Waals surface area contributed by atoms with Gasteiger partial charge in [-0.25, -0.2) is 0 Å². The Morgan fingerprint density at radius 1 is 1.13 bits per heavy atom. The fourth-order valence-corrected chi connectivity index (χ4v) is 6.17. The van der Waals surface area contributed by atoms with Gasteiger partial charge >= 0.3 is 0 Å². The van der Waals surface area contributed by atoms with Gasteiger partial charge in [0.25, 0.3) is 11.8 Å². The van der Waals surface area contributed by atoms with Crippen LogP contribution >= 0.6 is 11.3 Å². The summed E-state index contributed by atoms with van der Waals surface area (Å²) in [6, 6.07) is 7.61. The Hall–Kier alpha value is -2.14. The number of hydrogen-bond donors (Lipinski definition) is 1. The highest BCUT2D eigenvalue weighted by Crippen LogP contribution is 2.45. The van der Waals surface area contributed by atoms with Crippen molar-refractivity contribution in [3.05, 3.63) is 51.4 Å². The fraction of sp³-hybridized carbons (Fsp3) is 0.538. The van der Waals surface area contributed by atoms with Crippen molar-refractivity contribution in [2.75, 3.05) is 18.4 Å². The quantitative estimate of drug-likeness (QED) is 0.631. The number of nitrogens with one attached hydrogen (secondary N) is 1. The van der Waals surface area contributed by atoms with E-state index in [1.165, 1.54) is 16.9 Å². The number of aryl methyl sites for hydroxylation is 1. The standard InChI is InChI=1S/C26H34N2O2S/c1-17-9-8-10-18(15-17)23(29)27-24-22(25(30)28-13-6-5-7-14-28)20-12-11-19(26(2,3)4)16-21(20)31-24/h8-10,15,19H,5-7,11-14,16H2,1-4H3,(H,27,29). The molecule has 2 heterocycles. The van der Waals surface area contributed by atoms with Gasteiger partial charge < -0.3 is 10.2 Å². The van der Waals surface area contributed by atoms with Crippen molar-refractivity contribution >= 4 is 28.2 Å². The first-order valence-electron chi connectivity index (χ1n) is 11.6. The number of rotatable bonds is 3. The lowest BCUT2D eigenvalue weighted by Crippen LogP contribution is -2.36. The molecule has 0 spiro atoms. The molecule has 5 heteroatoms. The largest absolute Gasteiger partial charge is 0.339 e. The summed E-state index contributed by atoms with van der Waals surface area (Å²) >= 11 is 1.62. The van der Waals surface area contributed by atoms with Crippen LogP contribution in [0.25, 0.3) is 0 Å². The number of nitrogens with zero attached hydrogens (tertiary/aromatic N) is 1. The van der Waals surface area contributed by atoms with Crippen molar-refractivity contribution in [2.45, 2.75) is 66.2 Å². The molecule has 1 N–H and O–H groups in total. The summed E-state index contributed by atoms with van der Waals surface area (Å²) in [5.41, 5.74) is 3.87. The summed E-state index contributed by atoms with van der Waals surface area (Å²) < 4.78 is 0. The summed E-state index contributed by atoms with van der Waals surface area (Å²) in [6.07, 6.45) is 6.33. The number of fused-ring (bicyclic) bond motifs is 1. The van der Waals surface area contributed by atoms with Gasteiger partial charge in [0.1, 0.15) is 5.00 Å². The van der Waals surface area contributed by atoms with E-state index < -0.39 is 0 Å². The second-order valence-electron chi connectivity index (χ2n) is 10.2. The molecule has 1 aromatic carbocycles. The lowest BCUT2D eigenvalue weighted by atomic mass is 9.72. The number of anilines is 1. The number of thiophene rings is 1. The molecule has 0 radical (unpaired) electrons. The average molecular weight is 439 g/mol. The molecule has 31 heavy (non-hydrogen) atoms. The van der Waals surface area contributed by atoms with Gasteiger partial charge in [0.15, 0.2) is 0 Å². The Morgan fingerprint density at radius 2 is 1.87 bits per heavy atom. The van der Waals surface area contributed by atoms with Gasteiger partial charge in [-0.05, 0) is 74.5 Å². The molecule has 4 rings (SSSR count). The Labute approximate surface area is 190 Å². The van der Waals surface area contributed by atoms with Gasteiger partial charge in [-0.3, -0.25) is 9.59 Å². The van der Waals surface area contributed by atoms with Crippen LogP contribution in [0, 0.1) is 18.3 Å². The molecule has 166 valence electrons. The molecule has 1 fully saturated rings. The highest BCUT2D eigenvalue weighted by atomic mass is 32.1. The van der Waals surface area contributed by atoms with E-state index >= 15 is 0 Å². The zero-order chi connectivity index (χ0) is 22.2. The molecule has 4 nitrogen and oxygen atoms in total. The van der Waals surface area contributed by atoms with Crippen molar-refractivity contribution in [1.82, 2.24) is 4.90 Å². The minimum atomic E-state index is -0.137. The van der Waals surface area contributed by atoms with Crippen LogP contribution < -0.4 is 5.32 Å². The number of likely N-dealkylation sites (tertiary alicyclic amines) is 1. The van der Waals surface area contributed by atoms with Gasteiger partial charge in [-0.1, -0.05) is 38.5 Å². The molecule has 1 aliphatic heterocycles. The van der Waals surface area contributed by atoms with Crippen LogP contribution in [0.3, 0.4) is 0 Å². The number of hydrogen-bond acceptors (Lipinski definition) is 3. The van der Waals surface area contributed by atoms with Crippen molar-refractivity contribution in [1.29, 1.82) is 0 Å². The first kappa shape index (κ1) is 22.1. The monoisotopic (exact) mass is 438 g/mol. The smallest absolute Gasteiger partial charge is 0.257 e. The second-order valence-corrected chi connectivity index (χ2v) is 11.3. The molecule has 1 aliphatic carbocycles. The first-order chi connectivity index (χ1) is 14.7. The molecule has 0 bridgehead atoms. The minimum Gasteiger partial charge on any atom is -0.339 e. The molecule has 2 aromatic rings. The van der Waals surface area contributed by atoms with Crippen LogP contribution in [-0.4, -0.2) is 29.8 Å². The van der Waals surface area contributed by atoms with E-state index in [0.29, 0.717) is 11.5 Å². The molecular weight excluding hydrogens is 404 g/mol. The third-order valence-corrected chi connectivity index (χ3v) is 8.02. The zero-order valence-electron chi connectivity index (χ0n) is 19.2. The number of amides is 2. The highest BCUT2D eigenvalue weighted by molar-refractivity contribution is 7.17. The SMILES string of the molecule is Cc1cccc(C(=O)Nc2sc3c(c2C(=O)N2CCCCC2)CCC(C(C)(C)C)C3)c1. The average Bonchev–Trinajstić information content (AvgIpc) is 3.10. The Kier molecular flexibility index (Phi) is 6.25. The van der Waals surface area contributed by atoms with Crippen LogP contribution in [0.15, 0.2) is 24.3 Å². The Balaban J connectivity index is 1.68. The van der Waals surface area contributed by atoms with Crippen molar-refractivity contribution in [3.8, 4) is 0 Å². The predicted octanol–water partition coefficient (Wildman–Crippen LogP) is 6.09. The maximum absolute atomic E-state index is 13.6. The molecule has 2 aliphatic rings. The summed E-state index contributed by atoms with van der Waals surface area (Å²) in [5, 5.41) is 3.85. The molecule has 2 amide bonds. The number of carbonyl (C=O) groups excluding carboxylic acids is 2. The molecule has 1 unspecified atom stereocenters. The summed E-state index contributed by atoms with van der Waals surface area (Å²) in [4.78, 5) is 29.9. The number of benzene rings is 1. The van der Waals surface area contributed by atoms with Crippen molar-refractivity contribution in [3.63, 3.8) is 0 Å². The van der Waals surface area contributed by atoms with Gasteiger partial charge in [0.05, 0.1) is 5.56 Å². The van der Waals surface area contributed by atoms with E-state index in [-0.39, 0.29) is 17.2 Å². The van der Waals surface area contributed by atoms with Gasteiger partial charge in [0, 0.05) is 23.5 Å². The van der Waals surface area contributed by atoms with Crippen molar-refractivity contribution in [2.24, 2.45) is 11.3 Å². The van der Waals surface area contributed by atoms with E-state index in [1.807, 2.05) is 36.1 Å². The van der Waals surface area contributed by atoms with Crippen LogP contribution in [0.2, 0.25) is 0 Å². The van der Waals surface area contributed by atoms with E-state index in [9.17, 15) is 9.59 Å². The van der Waals surface area contributed by atoms with Crippen molar-refractivity contribution < 1.29 is 9.59 Å². The molecular formula is C26H34N2O2S. The van der Waals surface area contributed by atoms with Gasteiger partial charge in [0.2, 0.25) is 0 Å². The maximum Gasteiger partial charge on any atom is 0.257 e. The zero-order valence-corrected chi connectivity index (χ0v) is 20.0. The lowest BCUT2D eigenvalue weighted by molar-refractivity contribution is 0.0724. The Bertz CT molecular complexity index is 980. The van der Waals surface area contributed by atoms with Crippen LogP contribution in [-0.2, 0) is 12.8 Å². The first-order valence-corrected chi connectivity index (χ1v) is 12.4. The lowest BCUT2D eigenvalue weighted by Gasteiger charge is -2.34. The molecule has 1 aromatic heterocycles. The predicted molar refractivity (Wildman–Crippen MR) is 128 cm³/mol. The summed E-state index contributed by atoms with van der Waals surface area (Å²) in [7, 11) is 0. The third kappa shape index (κ3) is 4.72. The molecule has 1 atom stereocenters. The van der Waals surface area contributed by atoms with Crippen LogP contribution in [0.1, 0.15) is 83.2 Å². The fourth-order valence-electron chi connectivity index (χ4n) is 4.86. The Morgan fingerprint density at radius 3 is 2.55 bits per heavy atom.